The summed E-state index contributed by atoms with van der Waals surface area (Å²) in [7, 11) is -3.88. The smallest absolute Gasteiger partial charge is 0.406 e. The fourth-order valence-corrected chi connectivity index (χ4v) is 5.25. The van der Waals surface area contributed by atoms with E-state index in [2.05, 4.69) is 25.9 Å². The predicted octanol–water partition coefficient (Wildman–Crippen LogP) is 5.17. The summed E-state index contributed by atoms with van der Waals surface area (Å²) in [6.45, 7) is 2.90. The number of halogens is 3. The number of hydrogen-bond donors (Lipinski definition) is 2. The van der Waals surface area contributed by atoms with Crippen molar-refractivity contribution < 1.29 is 26.3 Å². The van der Waals surface area contributed by atoms with Gasteiger partial charge in [0.2, 0.25) is 10.0 Å². The summed E-state index contributed by atoms with van der Waals surface area (Å²) < 4.78 is 70.5. The molecule has 0 unspecified atom stereocenters. The van der Waals surface area contributed by atoms with Gasteiger partial charge in [-0.2, -0.15) is 0 Å². The zero-order chi connectivity index (χ0) is 26.6. The maximum absolute atomic E-state index is 12.5. The number of nitrogens with zero attached hydrogens (tertiary/aromatic N) is 3. The predicted molar refractivity (Wildman–Crippen MR) is 136 cm³/mol. The number of nitrogen functional groups attached to an aromatic ring is 1. The van der Waals surface area contributed by atoms with E-state index >= 15 is 0 Å². The van der Waals surface area contributed by atoms with E-state index in [0.717, 1.165) is 65.8 Å². The largest absolute Gasteiger partial charge is 0.573 e. The average molecular weight is 536 g/mol. The van der Waals surface area contributed by atoms with Gasteiger partial charge in [-0.3, -0.25) is 0 Å². The summed E-state index contributed by atoms with van der Waals surface area (Å²) in [5, 5.41) is 0.959. The van der Waals surface area contributed by atoms with Crippen molar-refractivity contribution in [2.24, 2.45) is 0 Å². The SMILES string of the molecule is CCCCc1nc2c(N)nc3ccccc3c2n1CCCCNS(=O)(=O)c1ccc(OC(F)(F)F)cc1. The van der Waals surface area contributed by atoms with Gasteiger partial charge in [0.05, 0.1) is 15.9 Å². The topological polar surface area (TPSA) is 112 Å². The van der Waals surface area contributed by atoms with Gasteiger partial charge in [0, 0.05) is 24.9 Å². The lowest BCUT2D eigenvalue weighted by Crippen LogP contribution is -2.25. The molecule has 8 nitrogen and oxygen atoms in total. The Morgan fingerprint density at radius 1 is 1.03 bits per heavy atom. The number of rotatable bonds is 11. The Hall–Kier alpha value is -3.38. The first-order valence-electron chi connectivity index (χ1n) is 12.0. The van der Waals surface area contributed by atoms with Gasteiger partial charge in [-0.25, -0.2) is 23.1 Å². The summed E-state index contributed by atoms with van der Waals surface area (Å²) in [5.74, 6) is 0.814. The van der Waals surface area contributed by atoms with Gasteiger partial charge < -0.3 is 15.0 Å². The Morgan fingerprint density at radius 3 is 2.46 bits per heavy atom. The van der Waals surface area contributed by atoms with E-state index in [4.69, 9.17) is 10.7 Å². The highest BCUT2D eigenvalue weighted by atomic mass is 32.2. The third-order valence-electron chi connectivity index (χ3n) is 5.91. The lowest BCUT2D eigenvalue weighted by atomic mass is 10.2. The number of unbranched alkanes of at least 4 members (excludes halogenated alkanes) is 2. The van der Waals surface area contributed by atoms with Gasteiger partial charge in [0.1, 0.15) is 17.1 Å². The Balaban J connectivity index is 1.44. The molecular weight excluding hydrogens is 507 g/mol. The van der Waals surface area contributed by atoms with Crippen molar-refractivity contribution in [1.82, 2.24) is 19.3 Å². The molecule has 4 rings (SSSR count). The first kappa shape index (κ1) is 26.7. The number of aryl methyl sites for hydroxylation is 2. The number of pyridine rings is 1. The second-order valence-corrected chi connectivity index (χ2v) is 10.4. The molecule has 0 atom stereocenters. The van der Waals surface area contributed by atoms with Crippen LogP contribution in [0.25, 0.3) is 21.9 Å². The van der Waals surface area contributed by atoms with Crippen LogP contribution in [-0.2, 0) is 23.0 Å². The van der Waals surface area contributed by atoms with E-state index in [1.54, 1.807) is 0 Å². The molecule has 198 valence electrons. The second-order valence-electron chi connectivity index (χ2n) is 8.62. The molecular formula is C25H28F3N5O3S. The number of nitrogens with two attached hydrogens (primary N) is 1. The summed E-state index contributed by atoms with van der Waals surface area (Å²) >= 11 is 0. The van der Waals surface area contributed by atoms with Crippen molar-refractivity contribution in [2.75, 3.05) is 12.3 Å². The highest BCUT2D eigenvalue weighted by Crippen LogP contribution is 2.30. The Kier molecular flexibility index (Phi) is 7.88. The highest BCUT2D eigenvalue weighted by Gasteiger charge is 2.31. The fraction of sp³-hybridized carbons (Fsp3) is 0.360. The van der Waals surface area contributed by atoms with E-state index in [1.807, 2.05) is 24.3 Å². The van der Waals surface area contributed by atoms with Crippen LogP contribution in [0.1, 0.15) is 38.4 Å². The molecule has 2 aromatic carbocycles. The lowest BCUT2D eigenvalue weighted by molar-refractivity contribution is -0.274. The average Bonchev–Trinajstić information content (AvgIpc) is 3.21. The van der Waals surface area contributed by atoms with Crippen molar-refractivity contribution >= 4 is 37.8 Å². The maximum Gasteiger partial charge on any atom is 0.573 e. The first-order valence-corrected chi connectivity index (χ1v) is 13.5. The Morgan fingerprint density at radius 2 is 1.76 bits per heavy atom. The number of imidazole rings is 1. The third kappa shape index (κ3) is 6.31. The number of anilines is 1. The van der Waals surface area contributed by atoms with Gasteiger partial charge in [0.15, 0.2) is 5.82 Å². The number of sulfonamides is 1. The molecule has 0 saturated heterocycles. The van der Waals surface area contributed by atoms with Crippen LogP contribution < -0.4 is 15.2 Å². The maximum atomic E-state index is 12.5. The molecule has 0 aliphatic heterocycles. The quantitative estimate of drug-likeness (QED) is 0.257. The number of benzene rings is 2. The molecule has 0 bridgehead atoms. The van der Waals surface area contributed by atoms with Gasteiger partial charge in [0.25, 0.3) is 0 Å². The standard InChI is InChI=1S/C25H28F3N5O3S/c1-2-3-10-21-32-22-23(19-8-4-5-9-20(19)31-24(22)29)33(21)16-7-6-15-30-37(34,35)18-13-11-17(12-14-18)36-25(26,27)28/h4-5,8-9,11-14,30H,2-3,6-7,10,15-16H2,1H3,(H2,29,31). The highest BCUT2D eigenvalue weighted by molar-refractivity contribution is 7.89. The van der Waals surface area contributed by atoms with E-state index in [-0.39, 0.29) is 11.4 Å². The molecule has 0 amide bonds. The number of ether oxygens (including phenoxy) is 1. The van der Waals surface area contributed by atoms with Crippen molar-refractivity contribution in [3.8, 4) is 5.75 Å². The number of hydrogen-bond acceptors (Lipinski definition) is 6. The molecule has 37 heavy (non-hydrogen) atoms. The molecule has 0 aliphatic carbocycles. The van der Waals surface area contributed by atoms with Crippen LogP contribution in [-0.4, -0.2) is 35.9 Å². The molecule has 3 N–H and O–H groups in total. The fourth-order valence-electron chi connectivity index (χ4n) is 4.18. The normalized spacial score (nSPS) is 12.4. The molecule has 0 radical (unpaired) electrons. The molecule has 4 aromatic rings. The molecule has 0 spiro atoms. The van der Waals surface area contributed by atoms with Crippen molar-refractivity contribution in [2.45, 2.75) is 56.8 Å². The number of fused-ring (bicyclic) bond motifs is 3. The lowest BCUT2D eigenvalue weighted by Gasteiger charge is -2.12. The van der Waals surface area contributed by atoms with E-state index < -0.39 is 22.1 Å². The summed E-state index contributed by atoms with van der Waals surface area (Å²) in [5.41, 5.74) is 8.61. The van der Waals surface area contributed by atoms with E-state index in [9.17, 15) is 21.6 Å². The van der Waals surface area contributed by atoms with Crippen LogP contribution in [0, 0.1) is 0 Å². The number of alkyl halides is 3. The van der Waals surface area contributed by atoms with Gasteiger partial charge in [-0.15, -0.1) is 13.2 Å². The number of para-hydroxylation sites is 1. The molecule has 0 saturated carbocycles. The molecule has 0 aliphatic rings. The van der Waals surface area contributed by atoms with Crippen LogP contribution in [0.2, 0.25) is 0 Å². The third-order valence-corrected chi connectivity index (χ3v) is 7.39. The molecule has 12 heteroatoms. The van der Waals surface area contributed by atoms with Crippen molar-refractivity contribution in [3.05, 3.63) is 54.4 Å². The minimum Gasteiger partial charge on any atom is -0.406 e. The van der Waals surface area contributed by atoms with Crippen LogP contribution >= 0.6 is 0 Å². The van der Waals surface area contributed by atoms with Crippen molar-refractivity contribution in [1.29, 1.82) is 0 Å². The summed E-state index contributed by atoms with van der Waals surface area (Å²) in [4.78, 5) is 9.14. The number of nitrogens with one attached hydrogen (secondary N) is 1. The minimum atomic E-state index is -4.84. The zero-order valence-electron chi connectivity index (χ0n) is 20.3. The first-order chi connectivity index (χ1) is 17.6. The molecule has 2 aromatic heterocycles. The van der Waals surface area contributed by atoms with Gasteiger partial charge >= 0.3 is 6.36 Å². The van der Waals surface area contributed by atoms with Gasteiger partial charge in [-0.1, -0.05) is 31.5 Å². The van der Waals surface area contributed by atoms with Crippen molar-refractivity contribution in [3.63, 3.8) is 0 Å². The van der Waals surface area contributed by atoms with Crippen LogP contribution in [0.4, 0.5) is 19.0 Å². The summed E-state index contributed by atoms with van der Waals surface area (Å²) in [6.07, 6.45) is -0.852. The molecule has 2 heterocycles. The monoisotopic (exact) mass is 535 g/mol. The Bertz CT molecular complexity index is 1490. The van der Waals surface area contributed by atoms with Crippen LogP contribution in [0.5, 0.6) is 5.75 Å². The van der Waals surface area contributed by atoms with Crippen LogP contribution in [0.15, 0.2) is 53.4 Å². The second kappa shape index (κ2) is 10.9. The van der Waals surface area contributed by atoms with E-state index in [0.29, 0.717) is 30.7 Å². The Labute approximate surface area is 212 Å². The van der Waals surface area contributed by atoms with Crippen LogP contribution in [0.3, 0.4) is 0 Å². The molecule has 0 fully saturated rings. The van der Waals surface area contributed by atoms with Gasteiger partial charge in [-0.05, 0) is 49.6 Å². The minimum absolute atomic E-state index is 0.140. The summed E-state index contributed by atoms with van der Waals surface area (Å²) in [6, 6.07) is 11.8. The van der Waals surface area contributed by atoms with E-state index in [1.165, 1.54) is 0 Å². The zero-order valence-corrected chi connectivity index (χ0v) is 21.1. The number of aromatic nitrogens is 3.